The molecule has 0 unspecified atom stereocenters. The van der Waals surface area contributed by atoms with Crippen LogP contribution in [0.4, 0.5) is 0 Å². The first-order valence-electron chi connectivity index (χ1n) is 16.4. The summed E-state index contributed by atoms with van der Waals surface area (Å²) in [4.78, 5) is 12.6. The van der Waals surface area contributed by atoms with E-state index in [1.165, 1.54) is 83.5 Å². The molecule has 8 atom stereocenters. The van der Waals surface area contributed by atoms with Gasteiger partial charge in [0.2, 0.25) is 0 Å². The SMILES string of the molecule is CCCCCCCC[C@@H]1CC[C@@H]2[C@@H]3CC=C4C[C@@H](OC(=O)[C@@H](Cl)CCCCC)CC[C@]4(C)[C@H]3CC[C@]12C. The second-order valence-electron chi connectivity index (χ2n) is 13.9. The number of esters is 1. The van der Waals surface area contributed by atoms with E-state index in [1.807, 2.05) is 0 Å². The summed E-state index contributed by atoms with van der Waals surface area (Å²) in [5, 5.41) is -0.479. The molecule has 2 nitrogen and oxygen atoms in total. The van der Waals surface area contributed by atoms with Crippen LogP contribution in [0.3, 0.4) is 0 Å². The molecule has 0 amide bonds. The summed E-state index contributed by atoms with van der Waals surface area (Å²) in [5.74, 6) is 3.38. The van der Waals surface area contributed by atoms with Gasteiger partial charge in [0.25, 0.3) is 0 Å². The number of carbonyl (C=O) groups is 1. The van der Waals surface area contributed by atoms with Crippen LogP contribution in [0, 0.1) is 34.5 Å². The zero-order chi connectivity index (χ0) is 26.5. The average Bonchev–Trinajstić information content (AvgIpc) is 3.22. The van der Waals surface area contributed by atoms with Crippen molar-refractivity contribution in [2.45, 2.75) is 161 Å². The summed E-state index contributed by atoms with van der Waals surface area (Å²) < 4.78 is 5.97. The molecule has 0 aromatic carbocycles. The Morgan fingerprint density at radius 3 is 2.46 bits per heavy atom. The Morgan fingerprint density at radius 2 is 1.68 bits per heavy atom. The van der Waals surface area contributed by atoms with Crippen LogP contribution >= 0.6 is 11.6 Å². The van der Waals surface area contributed by atoms with Crippen LogP contribution in [0.2, 0.25) is 0 Å². The number of hydrogen-bond donors (Lipinski definition) is 0. The van der Waals surface area contributed by atoms with Crippen LogP contribution in [-0.2, 0) is 9.53 Å². The molecule has 0 N–H and O–H groups in total. The highest BCUT2D eigenvalue weighted by molar-refractivity contribution is 6.29. The predicted octanol–water partition coefficient (Wildman–Crippen LogP) is 10.4. The monoisotopic (exact) mass is 532 g/mol. The molecule has 0 bridgehead atoms. The van der Waals surface area contributed by atoms with Gasteiger partial charge in [-0.2, -0.15) is 0 Å². The Hall–Kier alpha value is -0.500. The van der Waals surface area contributed by atoms with E-state index in [0.29, 0.717) is 10.8 Å². The van der Waals surface area contributed by atoms with E-state index in [1.54, 1.807) is 5.57 Å². The first-order chi connectivity index (χ1) is 17.8. The molecule has 0 spiro atoms. The van der Waals surface area contributed by atoms with E-state index in [0.717, 1.165) is 62.2 Å². The fourth-order valence-corrected chi connectivity index (χ4v) is 9.62. The number of hydrogen-bond acceptors (Lipinski definition) is 2. The molecule has 0 aromatic heterocycles. The number of rotatable bonds is 13. The van der Waals surface area contributed by atoms with Crippen molar-refractivity contribution in [1.82, 2.24) is 0 Å². The number of fused-ring (bicyclic) bond motifs is 5. The van der Waals surface area contributed by atoms with Gasteiger partial charge in [-0.1, -0.05) is 97.1 Å². The third-order valence-corrected chi connectivity index (χ3v) is 12.2. The number of ether oxygens (including phenoxy) is 1. The normalized spacial score (nSPS) is 37.8. The molecule has 3 fully saturated rings. The van der Waals surface area contributed by atoms with Gasteiger partial charge in [0.15, 0.2) is 0 Å². The number of unbranched alkanes of at least 4 members (excludes halogenated alkanes) is 7. The molecule has 0 aromatic rings. The first-order valence-corrected chi connectivity index (χ1v) is 16.8. The second-order valence-corrected chi connectivity index (χ2v) is 14.4. The Morgan fingerprint density at radius 1 is 0.946 bits per heavy atom. The van der Waals surface area contributed by atoms with Crippen molar-refractivity contribution < 1.29 is 9.53 Å². The number of alkyl halides is 1. The summed E-state index contributed by atoms with van der Waals surface area (Å²) in [6.07, 6.45) is 26.8. The lowest BCUT2D eigenvalue weighted by Gasteiger charge is -2.58. The zero-order valence-corrected chi connectivity index (χ0v) is 25.4. The second kappa shape index (κ2) is 13.2. The van der Waals surface area contributed by atoms with Crippen LogP contribution in [0.5, 0.6) is 0 Å². The standard InChI is InChI=1S/C34H57ClO2/c1-5-7-9-10-11-13-14-25-17-19-29-28-18-16-26-24-27(37-32(36)31(35)15-12-8-6-2)20-22-34(26,4)30(28)21-23-33(25,29)3/h16,25,27-31H,5-15,17-24H2,1-4H3/t25-,27+,28+,29-,30+,31+,33-,34+/m1/s1. The molecule has 4 aliphatic carbocycles. The fourth-order valence-electron chi connectivity index (χ4n) is 9.41. The van der Waals surface area contributed by atoms with E-state index in [4.69, 9.17) is 16.3 Å². The third kappa shape index (κ3) is 6.47. The molecular weight excluding hydrogens is 476 g/mol. The summed E-state index contributed by atoms with van der Waals surface area (Å²) in [5.41, 5.74) is 2.48. The summed E-state index contributed by atoms with van der Waals surface area (Å²) >= 11 is 6.39. The quantitative estimate of drug-likeness (QED) is 0.102. The minimum absolute atomic E-state index is 0.0258. The lowest BCUT2D eigenvalue weighted by atomic mass is 9.47. The van der Waals surface area contributed by atoms with Gasteiger partial charge in [-0.05, 0) is 92.3 Å². The van der Waals surface area contributed by atoms with Gasteiger partial charge < -0.3 is 4.74 Å². The van der Waals surface area contributed by atoms with E-state index < -0.39 is 5.38 Å². The Labute approximate surface area is 234 Å². The maximum absolute atomic E-state index is 12.6. The predicted molar refractivity (Wildman–Crippen MR) is 157 cm³/mol. The van der Waals surface area contributed by atoms with Gasteiger partial charge in [0.1, 0.15) is 11.5 Å². The molecule has 4 aliphatic rings. The fraction of sp³-hybridized carbons (Fsp3) is 0.912. The molecule has 3 saturated carbocycles. The molecule has 4 rings (SSSR count). The van der Waals surface area contributed by atoms with Crippen molar-refractivity contribution in [2.24, 2.45) is 34.5 Å². The van der Waals surface area contributed by atoms with Crippen molar-refractivity contribution in [2.75, 3.05) is 0 Å². The van der Waals surface area contributed by atoms with Crippen LogP contribution < -0.4 is 0 Å². The Balaban J connectivity index is 1.32. The van der Waals surface area contributed by atoms with Gasteiger partial charge in [0.05, 0.1) is 0 Å². The number of allylic oxidation sites excluding steroid dienone is 1. The minimum Gasteiger partial charge on any atom is -0.461 e. The molecular formula is C34H57ClO2. The summed E-state index contributed by atoms with van der Waals surface area (Å²) in [6, 6.07) is 0. The van der Waals surface area contributed by atoms with E-state index >= 15 is 0 Å². The number of carbonyl (C=O) groups excluding carboxylic acids is 1. The van der Waals surface area contributed by atoms with Crippen molar-refractivity contribution in [3.8, 4) is 0 Å². The van der Waals surface area contributed by atoms with Gasteiger partial charge in [-0.25, -0.2) is 0 Å². The van der Waals surface area contributed by atoms with Crippen molar-refractivity contribution in [3.63, 3.8) is 0 Å². The highest BCUT2D eigenvalue weighted by Gasteiger charge is 2.58. The zero-order valence-electron chi connectivity index (χ0n) is 24.7. The van der Waals surface area contributed by atoms with Crippen LogP contribution in [0.15, 0.2) is 11.6 Å². The molecule has 212 valence electrons. The van der Waals surface area contributed by atoms with Gasteiger partial charge in [0, 0.05) is 6.42 Å². The van der Waals surface area contributed by atoms with Crippen molar-refractivity contribution in [1.29, 1.82) is 0 Å². The molecule has 0 saturated heterocycles. The molecule has 37 heavy (non-hydrogen) atoms. The lowest BCUT2D eigenvalue weighted by molar-refractivity contribution is -0.151. The van der Waals surface area contributed by atoms with Crippen LogP contribution in [-0.4, -0.2) is 17.5 Å². The average molecular weight is 533 g/mol. The Bertz CT molecular complexity index is 776. The maximum Gasteiger partial charge on any atom is 0.324 e. The van der Waals surface area contributed by atoms with E-state index in [2.05, 4.69) is 33.8 Å². The molecule has 3 heteroatoms. The minimum atomic E-state index is -0.479. The topological polar surface area (TPSA) is 26.3 Å². The highest BCUT2D eigenvalue weighted by Crippen LogP contribution is 2.66. The molecule has 0 aliphatic heterocycles. The van der Waals surface area contributed by atoms with Crippen molar-refractivity contribution in [3.05, 3.63) is 11.6 Å². The highest BCUT2D eigenvalue weighted by atomic mass is 35.5. The maximum atomic E-state index is 12.6. The third-order valence-electron chi connectivity index (χ3n) is 11.8. The van der Waals surface area contributed by atoms with Crippen LogP contribution in [0.25, 0.3) is 0 Å². The van der Waals surface area contributed by atoms with Crippen LogP contribution in [0.1, 0.15) is 150 Å². The van der Waals surface area contributed by atoms with Crippen molar-refractivity contribution >= 4 is 17.6 Å². The van der Waals surface area contributed by atoms with Gasteiger partial charge >= 0.3 is 5.97 Å². The van der Waals surface area contributed by atoms with Gasteiger partial charge in [-0.3, -0.25) is 4.79 Å². The smallest absolute Gasteiger partial charge is 0.324 e. The lowest BCUT2D eigenvalue weighted by Crippen LogP contribution is -2.50. The Kier molecular flexibility index (Phi) is 10.5. The van der Waals surface area contributed by atoms with Gasteiger partial charge in [-0.15, -0.1) is 11.6 Å². The summed E-state index contributed by atoms with van der Waals surface area (Å²) in [6.45, 7) is 9.74. The first kappa shape index (κ1) is 29.5. The molecule has 0 heterocycles. The number of halogens is 1. The largest absolute Gasteiger partial charge is 0.461 e. The van der Waals surface area contributed by atoms with E-state index in [9.17, 15) is 4.79 Å². The molecule has 0 radical (unpaired) electrons. The van der Waals surface area contributed by atoms with E-state index in [-0.39, 0.29) is 12.1 Å². The summed E-state index contributed by atoms with van der Waals surface area (Å²) in [7, 11) is 0.